The summed E-state index contributed by atoms with van der Waals surface area (Å²) in [4.78, 5) is 10.9. The van der Waals surface area contributed by atoms with Gasteiger partial charge in [0.05, 0.1) is 6.42 Å². The molecule has 2 aliphatic rings. The highest BCUT2D eigenvalue weighted by molar-refractivity contribution is 5.67. The second-order valence-electron chi connectivity index (χ2n) is 5.47. The summed E-state index contributed by atoms with van der Waals surface area (Å²) >= 11 is 0. The number of nitrogens with two attached hydrogens (primary N) is 1. The predicted octanol–water partition coefficient (Wildman–Crippen LogP) is 2.01. The first-order chi connectivity index (χ1) is 7.15. The molecule has 0 bridgehead atoms. The van der Waals surface area contributed by atoms with E-state index in [9.17, 15) is 4.79 Å². The number of hydrogen-bond donors (Lipinski definition) is 2. The Morgan fingerprint density at radius 2 is 2.07 bits per heavy atom. The maximum absolute atomic E-state index is 10.9. The van der Waals surface area contributed by atoms with Crippen LogP contribution in [0.25, 0.3) is 0 Å². The van der Waals surface area contributed by atoms with Crippen LogP contribution in [0.4, 0.5) is 0 Å². The van der Waals surface area contributed by atoms with Crippen molar-refractivity contribution in [3.05, 3.63) is 0 Å². The standard InChI is InChI=1S/C12H21NO2/c13-8-12(7-11(14)15)5-1-2-10(6-12)9-3-4-9/h9-10H,1-8,13H2,(H,14,15). The number of carboxylic acids is 1. The van der Waals surface area contributed by atoms with Gasteiger partial charge in [0.25, 0.3) is 0 Å². The van der Waals surface area contributed by atoms with Crippen LogP contribution in [0.2, 0.25) is 0 Å². The molecule has 0 aromatic carbocycles. The molecule has 3 N–H and O–H groups in total. The van der Waals surface area contributed by atoms with Crippen molar-refractivity contribution in [2.75, 3.05) is 6.54 Å². The molecule has 3 heteroatoms. The highest BCUT2D eigenvalue weighted by Gasteiger charge is 2.42. The number of carbonyl (C=O) groups is 1. The van der Waals surface area contributed by atoms with Crippen molar-refractivity contribution < 1.29 is 9.90 Å². The average Bonchev–Trinajstić information content (AvgIpc) is 3.00. The maximum Gasteiger partial charge on any atom is 0.303 e. The summed E-state index contributed by atoms with van der Waals surface area (Å²) in [6.45, 7) is 0.544. The third-order valence-electron chi connectivity index (χ3n) is 4.23. The first-order valence-electron chi connectivity index (χ1n) is 6.07. The number of rotatable bonds is 4. The molecule has 86 valence electrons. The van der Waals surface area contributed by atoms with E-state index in [0.717, 1.165) is 24.7 Å². The van der Waals surface area contributed by atoms with Gasteiger partial charge in [0.1, 0.15) is 0 Å². The average molecular weight is 211 g/mol. The van der Waals surface area contributed by atoms with Crippen LogP contribution < -0.4 is 5.73 Å². The van der Waals surface area contributed by atoms with Crippen molar-refractivity contribution in [1.29, 1.82) is 0 Å². The Bertz CT molecular complexity index is 250. The van der Waals surface area contributed by atoms with Crippen molar-refractivity contribution in [3.8, 4) is 0 Å². The maximum atomic E-state index is 10.9. The molecule has 2 unspecified atom stereocenters. The zero-order valence-electron chi connectivity index (χ0n) is 9.24. The van der Waals surface area contributed by atoms with Gasteiger partial charge in [-0.3, -0.25) is 4.79 Å². The van der Waals surface area contributed by atoms with Gasteiger partial charge in [0.15, 0.2) is 0 Å². The zero-order valence-corrected chi connectivity index (χ0v) is 9.24. The SMILES string of the molecule is NCC1(CC(=O)O)CCCC(C2CC2)C1. The summed E-state index contributed by atoms with van der Waals surface area (Å²) in [5.74, 6) is 0.976. The van der Waals surface area contributed by atoms with E-state index >= 15 is 0 Å². The summed E-state index contributed by atoms with van der Waals surface area (Å²) in [6.07, 6.45) is 7.53. The van der Waals surface area contributed by atoms with Crippen LogP contribution >= 0.6 is 0 Å². The Hall–Kier alpha value is -0.570. The largest absolute Gasteiger partial charge is 0.481 e. The fourth-order valence-corrected chi connectivity index (χ4v) is 3.21. The third-order valence-corrected chi connectivity index (χ3v) is 4.23. The van der Waals surface area contributed by atoms with E-state index in [1.54, 1.807) is 0 Å². The van der Waals surface area contributed by atoms with E-state index in [-0.39, 0.29) is 11.8 Å². The van der Waals surface area contributed by atoms with Gasteiger partial charge in [-0.1, -0.05) is 12.8 Å². The van der Waals surface area contributed by atoms with Gasteiger partial charge in [-0.15, -0.1) is 0 Å². The lowest BCUT2D eigenvalue weighted by Gasteiger charge is -2.39. The van der Waals surface area contributed by atoms with E-state index in [1.165, 1.54) is 25.7 Å². The molecule has 0 aliphatic heterocycles. The van der Waals surface area contributed by atoms with E-state index in [4.69, 9.17) is 10.8 Å². The summed E-state index contributed by atoms with van der Waals surface area (Å²) in [6, 6.07) is 0. The fourth-order valence-electron chi connectivity index (χ4n) is 3.21. The Kier molecular flexibility index (Phi) is 3.01. The Morgan fingerprint density at radius 3 is 2.60 bits per heavy atom. The molecule has 0 aromatic rings. The molecule has 2 aliphatic carbocycles. The van der Waals surface area contributed by atoms with E-state index in [0.29, 0.717) is 6.54 Å². The number of aliphatic carboxylic acids is 1. The molecule has 2 atom stereocenters. The smallest absolute Gasteiger partial charge is 0.303 e. The summed E-state index contributed by atoms with van der Waals surface area (Å²) < 4.78 is 0. The van der Waals surface area contributed by atoms with Crippen LogP contribution in [0.15, 0.2) is 0 Å². The summed E-state index contributed by atoms with van der Waals surface area (Å²) in [7, 11) is 0. The zero-order chi connectivity index (χ0) is 10.9. The van der Waals surface area contributed by atoms with Crippen LogP contribution in [0, 0.1) is 17.3 Å². The molecule has 0 heterocycles. The minimum absolute atomic E-state index is 0.0860. The monoisotopic (exact) mass is 211 g/mol. The van der Waals surface area contributed by atoms with Crippen LogP contribution in [0.3, 0.4) is 0 Å². The van der Waals surface area contributed by atoms with Crippen LogP contribution in [0.5, 0.6) is 0 Å². The van der Waals surface area contributed by atoms with Gasteiger partial charge in [-0.05, 0) is 49.5 Å². The van der Waals surface area contributed by atoms with Crippen LogP contribution in [-0.2, 0) is 4.79 Å². The second-order valence-corrected chi connectivity index (χ2v) is 5.47. The minimum atomic E-state index is -0.683. The number of carboxylic acid groups (broad SMARTS) is 1. The molecule has 0 radical (unpaired) electrons. The molecule has 15 heavy (non-hydrogen) atoms. The van der Waals surface area contributed by atoms with E-state index in [2.05, 4.69) is 0 Å². The molecule has 2 fully saturated rings. The first kappa shape index (κ1) is 10.9. The topological polar surface area (TPSA) is 63.3 Å². The van der Waals surface area contributed by atoms with Crippen molar-refractivity contribution in [1.82, 2.24) is 0 Å². The van der Waals surface area contributed by atoms with E-state index < -0.39 is 5.97 Å². The molecule has 3 nitrogen and oxygen atoms in total. The predicted molar refractivity (Wildman–Crippen MR) is 58.4 cm³/mol. The quantitative estimate of drug-likeness (QED) is 0.747. The van der Waals surface area contributed by atoms with Gasteiger partial charge >= 0.3 is 5.97 Å². The highest BCUT2D eigenvalue weighted by atomic mass is 16.4. The lowest BCUT2D eigenvalue weighted by molar-refractivity contribution is -0.140. The molecule has 0 spiro atoms. The highest BCUT2D eigenvalue weighted by Crippen LogP contribution is 2.50. The molecule has 0 aromatic heterocycles. The lowest BCUT2D eigenvalue weighted by atomic mass is 9.66. The van der Waals surface area contributed by atoms with E-state index in [1.807, 2.05) is 0 Å². The first-order valence-corrected chi connectivity index (χ1v) is 6.07. The molecule has 0 amide bonds. The van der Waals surface area contributed by atoms with Crippen molar-refractivity contribution >= 4 is 5.97 Å². The summed E-state index contributed by atoms with van der Waals surface area (Å²) in [5.41, 5.74) is 5.72. The number of hydrogen-bond acceptors (Lipinski definition) is 2. The van der Waals surface area contributed by atoms with Gasteiger partial charge in [-0.25, -0.2) is 0 Å². The Balaban J connectivity index is 1.99. The molecule has 0 saturated heterocycles. The van der Waals surface area contributed by atoms with Crippen molar-refractivity contribution in [3.63, 3.8) is 0 Å². The van der Waals surface area contributed by atoms with Crippen LogP contribution in [-0.4, -0.2) is 17.6 Å². The van der Waals surface area contributed by atoms with Gasteiger partial charge < -0.3 is 10.8 Å². The normalized spacial score (nSPS) is 36.5. The third kappa shape index (κ3) is 2.51. The molecular formula is C12H21NO2. The molecule has 2 saturated carbocycles. The Morgan fingerprint density at radius 1 is 1.33 bits per heavy atom. The van der Waals surface area contributed by atoms with Crippen LogP contribution in [0.1, 0.15) is 44.9 Å². The summed E-state index contributed by atoms with van der Waals surface area (Å²) in [5, 5.41) is 8.95. The molecular weight excluding hydrogens is 190 g/mol. The van der Waals surface area contributed by atoms with Gasteiger partial charge in [0.2, 0.25) is 0 Å². The fraction of sp³-hybridized carbons (Fsp3) is 0.917. The lowest BCUT2D eigenvalue weighted by Crippen LogP contribution is -2.38. The van der Waals surface area contributed by atoms with Gasteiger partial charge in [0, 0.05) is 0 Å². The molecule has 2 rings (SSSR count). The Labute approximate surface area is 91.0 Å². The second kappa shape index (κ2) is 4.12. The van der Waals surface area contributed by atoms with Gasteiger partial charge in [-0.2, -0.15) is 0 Å². The minimum Gasteiger partial charge on any atom is -0.481 e. The van der Waals surface area contributed by atoms with Crippen molar-refractivity contribution in [2.45, 2.75) is 44.9 Å². The van der Waals surface area contributed by atoms with Crippen molar-refractivity contribution in [2.24, 2.45) is 23.0 Å².